The highest BCUT2D eigenvalue weighted by Crippen LogP contribution is 2.31. The molecular weight excluding hydrogens is 250 g/mol. The van der Waals surface area contributed by atoms with Crippen LogP contribution in [0.3, 0.4) is 0 Å². The molecule has 116 valence electrons. The van der Waals surface area contributed by atoms with Gasteiger partial charge >= 0.3 is 0 Å². The minimum absolute atomic E-state index is 0.146. The molecule has 1 amide bonds. The zero-order chi connectivity index (χ0) is 14.4. The van der Waals surface area contributed by atoms with Gasteiger partial charge in [0.1, 0.15) is 0 Å². The standard InChI is InChI=1S/C17H31NO2/c1-13(15-7-3-2-4-8-15)10-17(20)18-12-14-6-5-9-16(19)11-14/h13-16,19H,2-12H2,1H3,(H,18,20). The number of aliphatic hydroxyl groups is 1. The fourth-order valence-electron chi connectivity index (χ4n) is 3.94. The number of aliphatic hydroxyl groups excluding tert-OH is 1. The van der Waals surface area contributed by atoms with E-state index in [9.17, 15) is 9.90 Å². The maximum atomic E-state index is 12.0. The lowest BCUT2D eigenvalue weighted by atomic mass is 9.79. The fourth-order valence-corrected chi connectivity index (χ4v) is 3.94. The molecule has 0 bridgehead atoms. The molecule has 0 aromatic heterocycles. The summed E-state index contributed by atoms with van der Waals surface area (Å²) in [4.78, 5) is 12.0. The Hall–Kier alpha value is -0.570. The quantitative estimate of drug-likeness (QED) is 0.812. The zero-order valence-electron chi connectivity index (χ0n) is 12.9. The summed E-state index contributed by atoms with van der Waals surface area (Å²) in [5.74, 6) is 1.97. The first-order chi connectivity index (χ1) is 9.65. The van der Waals surface area contributed by atoms with Gasteiger partial charge in [-0.2, -0.15) is 0 Å². The van der Waals surface area contributed by atoms with Crippen molar-refractivity contribution in [2.75, 3.05) is 6.54 Å². The van der Waals surface area contributed by atoms with E-state index in [1.807, 2.05) is 0 Å². The minimum atomic E-state index is -0.146. The highest BCUT2D eigenvalue weighted by Gasteiger charge is 2.23. The van der Waals surface area contributed by atoms with E-state index in [1.54, 1.807) is 0 Å². The van der Waals surface area contributed by atoms with E-state index in [0.29, 0.717) is 18.3 Å². The van der Waals surface area contributed by atoms with Gasteiger partial charge in [0.05, 0.1) is 6.10 Å². The lowest BCUT2D eigenvalue weighted by Gasteiger charge is -2.28. The maximum Gasteiger partial charge on any atom is 0.220 e. The molecule has 20 heavy (non-hydrogen) atoms. The second kappa shape index (κ2) is 8.02. The summed E-state index contributed by atoms with van der Waals surface area (Å²) in [5, 5.41) is 12.7. The zero-order valence-corrected chi connectivity index (χ0v) is 12.9. The Morgan fingerprint density at radius 2 is 1.90 bits per heavy atom. The van der Waals surface area contributed by atoms with Crippen molar-refractivity contribution in [1.82, 2.24) is 5.32 Å². The van der Waals surface area contributed by atoms with Gasteiger partial charge < -0.3 is 10.4 Å². The SMILES string of the molecule is CC(CC(=O)NCC1CCCC(O)C1)C1CCCCC1. The van der Waals surface area contributed by atoms with Crippen LogP contribution >= 0.6 is 0 Å². The highest BCUT2D eigenvalue weighted by molar-refractivity contribution is 5.76. The van der Waals surface area contributed by atoms with Crippen LogP contribution in [0.25, 0.3) is 0 Å². The number of hydrogen-bond donors (Lipinski definition) is 2. The third-order valence-electron chi connectivity index (χ3n) is 5.30. The number of nitrogens with one attached hydrogen (secondary N) is 1. The largest absolute Gasteiger partial charge is 0.393 e. The first-order valence-electron chi connectivity index (χ1n) is 8.60. The van der Waals surface area contributed by atoms with Gasteiger partial charge in [0, 0.05) is 13.0 Å². The van der Waals surface area contributed by atoms with Crippen molar-refractivity contribution in [1.29, 1.82) is 0 Å². The maximum absolute atomic E-state index is 12.0. The van der Waals surface area contributed by atoms with Gasteiger partial charge in [-0.05, 0) is 37.0 Å². The summed E-state index contributed by atoms with van der Waals surface area (Å²) in [5.41, 5.74) is 0. The molecule has 2 rings (SSSR count). The number of carbonyl (C=O) groups excluding carboxylic acids is 1. The van der Waals surface area contributed by atoms with Crippen LogP contribution < -0.4 is 5.32 Å². The summed E-state index contributed by atoms with van der Waals surface area (Å²) in [6.45, 7) is 2.99. The molecule has 2 fully saturated rings. The summed E-state index contributed by atoms with van der Waals surface area (Å²) in [7, 11) is 0. The second-order valence-corrected chi connectivity index (χ2v) is 7.07. The van der Waals surface area contributed by atoms with E-state index in [-0.39, 0.29) is 12.0 Å². The molecular formula is C17H31NO2. The van der Waals surface area contributed by atoms with Gasteiger partial charge in [-0.1, -0.05) is 45.4 Å². The Bertz CT molecular complexity index is 299. The molecule has 2 saturated carbocycles. The van der Waals surface area contributed by atoms with Gasteiger partial charge in [-0.25, -0.2) is 0 Å². The monoisotopic (exact) mass is 281 g/mol. The molecule has 0 saturated heterocycles. The molecule has 2 aliphatic rings. The van der Waals surface area contributed by atoms with E-state index in [4.69, 9.17) is 0 Å². The fraction of sp³-hybridized carbons (Fsp3) is 0.941. The molecule has 0 aromatic rings. The Kier molecular flexibility index (Phi) is 6.34. The van der Waals surface area contributed by atoms with Gasteiger partial charge in [0.15, 0.2) is 0 Å². The topological polar surface area (TPSA) is 49.3 Å². The minimum Gasteiger partial charge on any atom is -0.393 e. The molecule has 0 spiro atoms. The summed E-state index contributed by atoms with van der Waals surface area (Å²) < 4.78 is 0. The number of carbonyl (C=O) groups is 1. The Morgan fingerprint density at radius 1 is 1.15 bits per heavy atom. The molecule has 3 nitrogen and oxygen atoms in total. The van der Waals surface area contributed by atoms with Gasteiger partial charge in [-0.3, -0.25) is 4.79 Å². The van der Waals surface area contributed by atoms with Crippen LogP contribution in [0.15, 0.2) is 0 Å². The van der Waals surface area contributed by atoms with E-state index < -0.39 is 0 Å². The van der Waals surface area contributed by atoms with Crippen LogP contribution in [0.1, 0.15) is 71.1 Å². The first-order valence-corrected chi connectivity index (χ1v) is 8.60. The van der Waals surface area contributed by atoms with E-state index >= 15 is 0 Å². The molecule has 3 atom stereocenters. The van der Waals surface area contributed by atoms with Crippen molar-refractivity contribution in [3.63, 3.8) is 0 Å². The molecule has 3 heteroatoms. The van der Waals surface area contributed by atoms with Crippen LogP contribution in [-0.2, 0) is 4.79 Å². The van der Waals surface area contributed by atoms with E-state index in [1.165, 1.54) is 32.1 Å². The van der Waals surface area contributed by atoms with Gasteiger partial charge in [0.2, 0.25) is 5.91 Å². The van der Waals surface area contributed by atoms with Crippen LogP contribution in [0.4, 0.5) is 0 Å². The van der Waals surface area contributed by atoms with Crippen LogP contribution in [0, 0.1) is 17.8 Å². The molecule has 0 aromatic carbocycles. The Balaban J connectivity index is 1.64. The summed E-state index contributed by atoms with van der Waals surface area (Å²) in [6.07, 6.45) is 11.3. The van der Waals surface area contributed by atoms with Crippen molar-refractivity contribution >= 4 is 5.91 Å². The van der Waals surface area contributed by atoms with E-state index in [0.717, 1.165) is 38.1 Å². The van der Waals surface area contributed by atoms with Crippen molar-refractivity contribution in [2.24, 2.45) is 17.8 Å². The van der Waals surface area contributed by atoms with Crippen LogP contribution in [0.2, 0.25) is 0 Å². The predicted octanol–water partition coefficient (Wildman–Crippen LogP) is 3.26. The molecule has 2 aliphatic carbocycles. The molecule has 0 radical (unpaired) electrons. The van der Waals surface area contributed by atoms with Gasteiger partial charge in [0.25, 0.3) is 0 Å². The van der Waals surface area contributed by atoms with Crippen LogP contribution in [0.5, 0.6) is 0 Å². The molecule has 3 unspecified atom stereocenters. The first kappa shape index (κ1) is 15.8. The van der Waals surface area contributed by atoms with Crippen molar-refractivity contribution in [3.05, 3.63) is 0 Å². The van der Waals surface area contributed by atoms with Gasteiger partial charge in [-0.15, -0.1) is 0 Å². The highest BCUT2D eigenvalue weighted by atomic mass is 16.3. The summed E-state index contributed by atoms with van der Waals surface area (Å²) >= 11 is 0. The van der Waals surface area contributed by atoms with Crippen molar-refractivity contribution in [2.45, 2.75) is 77.2 Å². The third kappa shape index (κ3) is 5.08. The Morgan fingerprint density at radius 3 is 2.60 bits per heavy atom. The second-order valence-electron chi connectivity index (χ2n) is 7.07. The average molecular weight is 281 g/mol. The number of amides is 1. The van der Waals surface area contributed by atoms with E-state index in [2.05, 4.69) is 12.2 Å². The molecule has 2 N–H and O–H groups in total. The van der Waals surface area contributed by atoms with Crippen molar-refractivity contribution in [3.8, 4) is 0 Å². The molecule has 0 aliphatic heterocycles. The number of hydrogen-bond acceptors (Lipinski definition) is 2. The van der Waals surface area contributed by atoms with Crippen molar-refractivity contribution < 1.29 is 9.90 Å². The smallest absolute Gasteiger partial charge is 0.220 e. The average Bonchev–Trinajstić information content (AvgIpc) is 2.46. The predicted molar refractivity (Wildman–Crippen MR) is 81.3 cm³/mol. The number of rotatable bonds is 5. The molecule has 0 heterocycles. The Labute approximate surface area is 123 Å². The normalized spacial score (nSPS) is 29.9. The summed E-state index contributed by atoms with van der Waals surface area (Å²) in [6, 6.07) is 0. The lowest BCUT2D eigenvalue weighted by Crippen LogP contribution is -2.34. The lowest BCUT2D eigenvalue weighted by molar-refractivity contribution is -0.122. The third-order valence-corrected chi connectivity index (χ3v) is 5.30. The van der Waals surface area contributed by atoms with Crippen LogP contribution in [-0.4, -0.2) is 23.7 Å².